The lowest BCUT2D eigenvalue weighted by Gasteiger charge is -2.42. The second kappa shape index (κ2) is 7.24. The Hall–Kier alpha value is -3.34. The van der Waals surface area contributed by atoms with Gasteiger partial charge in [-0.3, -0.25) is 4.79 Å². The molecule has 0 saturated carbocycles. The third-order valence-electron chi connectivity index (χ3n) is 6.02. The molecule has 2 aliphatic rings. The van der Waals surface area contributed by atoms with Crippen molar-refractivity contribution in [3.05, 3.63) is 88.8 Å². The van der Waals surface area contributed by atoms with E-state index in [0.29, 0.717) is 25.6 Å². The summed E-state index contributed by atoms with van der Waals surface area (Å²) in [4.78, 5) is 27.2. The molecule has 3 aromatic rings. The maximum atomic E-state index is 13.1. The van der Waals surface area contributed by atoms with Crippen molar-refractivity contribution in [3.8, 4) is 11.1 Å². The van der Waals surface area contributed by atoms with E-state index in [9.17, 15) is 9.59 Å². The van der Waals surface area contributed by atoms with E-state index in [1.54, 1.807) is 6.07 Å². The van der Waals surface area contributed by atoms with E-state index in [2.05, 4.69) is 5.32 Å². The average molecular weight is 385 g/mol. The van der Waals surface area contributed by atoms with Crippen molar-refractivity contribution in [2.24, 2.45) is 5.92 Å². The zero-order valence-corrected chi connectivity index (χ0v) is 16.1. The van der Waals surface area contributed by atoms with Crippen LogP contribution in [0.1, 0.15) is 18.0 Å². The number of nitrogens with zero attached hydrogens (tertiary/aromatic N) is 2. The van der Waals surface area contributed by atoms with Gasteiger partial charge < -0.3 is 14.8 Å². The van der Waals surface area contributed by atoms with Crippen molar-refractivity contribution >= 4 is 11.7 Å². The molecule has 29 heavy (non-hydrogen) atoms. The number of urea groups is 1. The fourth-order valence-corrected chi connectivity index (χ4v) is 4.72. The van der Waals surface area contributed by atoms with Gasteiger partial charge in [0.25, 0.3) is 5.56 Å². The number of rotatable bonds is 2. The van der Waals surface area contributed by atoms with Crippen molar-refractivity contribution in [2.45, 2.75) is 18.9 Å². The molecular formula is C24H23N3O2. The van der Waals surface area contributed by atoms with Crippen LogP contribution in [0.25, 0.3) is 11.1 Å². The smallest absolute Gasteiger partial charge is 0.321 e. The third kappa shape index (κ3) is 3.33. The molecule has 0 aliphatic carbocycles. The SMILES string of the molecule is O=C(Nc1ccccc1-c1ccccc1)N1C[C@@H]2C[C@H](C1)c1cccc(=O)n1C2. The zero-order chi connectivity index (χ0) is 19.8. The predicted molar refractivity (Wildman–Crippen MR) is 114 cm³/mol. The molecule has 2 aliphatic heterocycles. The highest BCUT2D eigenvalue weighted by atomic mass is 16.2. The minimum absolute atomic E-state index is 0.0619. The van der Waals surface area contributed by atoms with Crippen LogP contribution in [0.3, 0.4) is 0 Å². The Labute approximate surface area is 169 Å². The summed E-state index contributed by atoms with van der Waals surface area (Å²) in [6, 6.07) is 23.4. The molecule has 2 atom stereocenters. The number of carbonyl (C=O) groups excluding carboxylic acids is 1. The number of nitrogens with one attached hydrogen (secondary N) is 1. The first-order chi connectivity index (χ1) is 14.2. The highest BCUT2D eigenvalue weighted by Crippen LogP contribution is 2.35. The zero-order valence-electron chi connectivity index (χ0n) is 16.1. The average Bonchev–Trinajstić information content (AvgIpc) is 2.75. The van der Waals surface area contributed by atoms with Gasteiger partial charge in [0.15, 0.2) is 0 Å². The fourth-order valence-electron chi connectivity index (χ4n) is 4.72. The van der Waals surface area contributed by atoms with Crippen LogP contribution in [0, 0.1) is 5.92 Å². The number of hydrogen-bond donors (Lipinski definition) is 1. The van der Waals surface area contributed by atoms with Crippen LogP contribution in [0.4, 0.5) is 10.5 Å². The lowest BCUT2D eigenvalue weighted by molar-refractivity contribution is 0.139. The summed E-state index contributed by atoms with van der Waals surface area (Å²) >= 11 is 0. The molecule has 5 nitrogen and oxygen atoms in total. The summed E-state index contributed by atoms with van der Waals surface area (Å²) < 4.78 is 1.89. The van der Waals surface area contributed by atoms with Gasteiger partial charge in [-0.25, -0.2) is 4.79 Å². The molecule has 0 spiro atoms. The van der Waals surface area contributed by atoms with Crippen LogP contribution in [0.2, 0.25) is 0 Å². The van der Waals surface area contributed by atoms with Crippen LogP contribution in [-0.4, -0.2) is 28.6 Å². The van der Waals surface area contributed by atoms with Gasteiger partial charge >= 0.3 is 6.03 Å². The van der Waals surface area contributed by atoms with E-state index in [-0.39, 0.29) is 17.5 Å². The van der Waals surface area contributed by atoms with Gasteiger partial charge in [-0.05, 0) is 30.0 Å². The van der Waals surface area contributed by atoms with Gasteiger partial charge in [-0.15, -0.1) is 0 Å². The summed E-state index contributed by atoms with van der Waals surface area (Å²) in [7, 11) is 0. The number of fused-ring (bicyclic) bond motifs is 4. The maximum absolute atomic E-state index is 13.1. The molecule has 2 aromatic carbocycles. The lowest BCUT2D eigenvalue weighted by Crippen LogP contribution is -2.50. The van der Waals surface area contributed by atoms with E-state index >= 15 is 0 Å². The Morgan fingerprint density at radius 3 is 2.52 bits per heavy atom. The molecule has 3 heterocycles. The molecule has 1 aromatic heterocycles. The van der Waals surface area contributed by atoms with Crippen molar-refractivity contribution in [1.29, 1.82) is 0 Å². The number of hydrogen-bond acceptors (Lipinski definition) is 2. The second-order valence-electron chi connectivity index (χ2n) is 7.94. The van der Waals surface area contributed by atoms with Gasteiger partial charge in [-0.2, -0.15) is 0 Å². The summed E-state index contributed by atoms with van der Waals surface area (Å²) in [5.41, 5.74) is 4.02. The Bertz CT molecular complexity index is 1110. The van der Waals surface area contributed by atoms with Crippen LogP contribution < -0.4 is 10.9 Å². The van der Waals surface area contributed by atoms with E-state index in [0.717, 1.165) is 28.9 Å². The second-order valence-corrected chi connectivity index (χ2v) is 7.94. The van der Waals surface area contributed by atoms with Crippen molar-refractivity contribution in [2.75, 3.05) is 18.4 Å². The Morgan fingerprint density at radius 2 is 1.66 bits per heavy atom. The molecule has 5 rings (SSSR count). The molecular weight excluding hydrogens is 362 g/mol. The molecule has 146 valence electrons. The van der Waals surface area contributed by atoms with Crippen LogP contribution >= 0.6 is 0 Å². The van der Waals surface area contributed by atoms with Gasteiger partial charge in [0.05, 0.1) is 5.69 Å². The quantitative estimate of drug-likeness (QED) is 0.720. The number of amides is 2. The first-order valence-electron chi connectivity index (χ1n) is 10.1. The number of anilines is 1. The molecule has 2 bridgehead atoms. The normalized spacial score (nSPS) is 20.1. The molecule has 1 saturated heterocycles. The molecule has 1 N–H and O–H groups in total. The van der Waals surface area contributed by atoms with Crippen LogP contribution in [-0.2, 0) is 6.54 Å². The Morgan fingerprint density at radius 1 is 0.862 bits per heavy atom. The number of aromatic nitrogens is 1. The molecule has 0 radical (unpaired) electrons. The predicted octanol–water partition coefficient (Wildman–Crippen LogP) is 4.17. The minimum atomic E-state index is -0.0743. The largest absolute Gasteiger partial charge is 0.324 e. The first kappa shape index (κ1) is 17.7. The molecule has 0 unspecified atom stereocenters. The van der Waals surface area contributed by atoms with E-state index in [4.69, 9.17) is 0 Å². The van der Waals surface area contributed by atoms with Crippen molar-refractivity contribution in [1.82, 2.24) is 9.47 Å². The van der Waals surface area contributed by atoms with Gasteiger partial charge in [-0.1, -0.05) is 54.6 Å². The topological polar surface area (TPSA) is 54.3 Å². The number of carbonyl (C=O) groups is 1. The molecule has 1 fully saturated rings. The highest BCUT2D eigenvalue weighted by Gasteiger charge is 2.36. The molecule has 5 heteroatoms. The summed E-state index contributed by atoms with van der Waals surface area (Å²) in [6.07, 6.45) is 1.04. The maximum Gasteiger partial charge on any atom is 0.321 e. The van der Waals surface area contributed by atoms with Crippen LogP contribution in [0.5, 0.6) is 0 Å². The van der Waals surface area contributed by atoms with E-state index in [1.807, 2.05) is 76.2 Å². The number of para-hydroxylation sites is 1. The lowest BCUT2D eigenvalue weighted by atomic mass is 9.83. The summed E-state index contributed by atoms with van der Waals surface area (Å²) in [5, 5.41) is 3.12. The van der Waals surface area contributed by atoms with E-state index < -0.39 is 0 Å². The first-order valence-corrected chi connectivity index (χ1v) is 10.1. The molecule has 2 amide bonds. The van der Waals surface area contributed by atoms with Gasteiger partial charge in [0.1, 0.15) is 0 Å². The third-order valence-corrected chi connectivity index (χ3v) is 6.02. The Balaban J connectivity index is 1.38. The number of likely N-dealkylation sites (tertiary alicyclic amines) is 1. The van der Waals surface area contributed by atoms with Gasteiger partial charge in [0, 0.05) is 42.9 Å². The monoisotopic (exact) mass is 385 g/mol. The number of pyridine rings is 1. The minimum Gasteiger partial charge on any atom is -0.324 e. The highest BCUT2D eigenvalue weighted by molar-refractivity contribution is 5.94. The number of benzene rings is 2. The van der Waals surface area contributed by atoms with Crippen molar-refractivity contribution in [3.63, 3.8) is 0 Å². The van der Waals surface area contributed by atoms with Crippen molar-refractivity contribution < 1.29 is 4.79 Å². The fraction of sp³-hybridized carbons (Fsp3) is 0.250. The number of piperidine rings is 1. The van der Waals surface area contributed by atoms with Gasteiger partial charge in [0.2, 0.25) is 0 Å². The summed E-state index contributed by atoms with van der Waals surface area (Å²) in [5.74, 6) is 0.531. The van der Waals surface area contributed by atoms with Crippen LogP contribution in [0.15, 0.2) is 77.6 Å². The standard InChI is InChI=1S/C24H23N3O2/c28-23-12-6-11-22-19-13-17(15-27(22)23)14-26(16-19)24(29)25-21-10-5-4-9-20(21)18-7-2-1-3-8-18/h1-12,17,19H,13-16H2,(H,25,29)/t17-,19+/m0/s1. The Kier molecular flexibility index (Phi) is 4.43. The summed E-state index contributed by atoms with van der Waals surface area (Å²) in [6.45, 7) is 2.01. The van der Waals surface area contributed by atoms with E-state index in [1.165, 1.54) is 0 Å².